The van der Waals surface area contributed by atoms with Crippen LogP contribution in [0.25, 0.3) is 10.9 Å². The van der Waals surface area contributed by atoms with Gasteiger partial charge in [-0.2, -0.15) is 0 Å². The second-order valence-corrected chi connectivity index (χ2v) is 9.09. The number of benzene rings is 2. The van der Waals surface area contributed by atoms with Gasteiger partial charge in [-0.05, 0) is 42.5 Å². The molecule has 12 heteroatoms. The van der Waals surface area contributed by atoms with Gasteiger partial charge >= 0.3 is 6.09 Å². The van der Waals surface area contributed by atoms with Crippen molar-refractivity contribution >= 4 is 51.7 Å². The third-order valence-electron chi connectivity index (χ3n) is 6.15. The molecule has 11 nitrogen and oxygen atoms in total. The quantitative estimate of drug-likeness (QED) is 0.262. The van der Waals surface area contributed by atoms with Crippen LogP contribution in [0.15, 0.2) is 73.7 Å². The first-order valence-corrected chi connectivity index (χ1v) is 12.7. The van der Waals surface area contributed by atoms with Crippen LogP contribution >= 0.6 is 11.6 Å². The van der Waals surface area contributed by atoms with Gasteiger partial charge in [0.05, 0.1) is 29.0 Å². The molecule has 2 amide bonds. The van der Waals surface area contributed by atoms with Gasteiger partial charge in [0.2, 0.25) is 5.91 Å². The number of hydrogen-bond acceptors (Lipinski definition) is 9. The summed E-state index contributed by atoms with van der Waals surface area (Å²) in [6.45, 7) is 4.25. The highest BCUT2D eigenvalue weighted by Gasteiger charge is 2.34. The molecule has 0 bridgehead atoms. The molecule has 1 atom stereocenters. The first-order chi connectivity index (χ1) is 19.4. The van der Waals surface area contributed by atoms with Gasteiger partial charge < -0.3 is 24.4 Å². The first kappa shape index (κ1) is 26.7. The maximum atomic E-state index is 12.6. The summed E-state index contributed by atoms with van der Waals surface area (Å²) >= 11 is 6.47. The fraction of sp³-hybridized carbons (Fsp3) is 0.179. The number of ether oxygens (including phenoxy) is 3. The standard InChI is InChI=1S/C28H25ClN6O5/c1-3-25(36)35-11-9-26(35)40-28(37)34-22-13-19-21(14-24(22)38-2)31-16-32-27(19)33-17-7-8-23(20(29)12-17)39-15-18-6-4-5-10-30-18/h3-8,10,12-14,16,26H,1,9,11,15H2,2H3,(H,34,37)(H,31,32,33). The molecule has 1 unspecified atom stereocenters. The molecule has 5 rings (SSSR count). The van der Waals surface area contributed by atoms with E-state index in [0.29, 0.717) is 57.6 Å². The Balaban J connectivity index is 1.33. The van der Waals surface area contributed by atoms with E-state index in [-0.39, 0.29) is 12.5 Å². The molecule has 2 N–H and O–H groups in total. The Bertz CT molecular complexity index is 1570. The van der Waals surface area contributed by atoms with E-state index in [1.54, 1.807) is 30.5 Å². The van der Waals surface area contributed by atoms with Crippen LogP contribution in [0, 0.1) is 0 Å². The van der Waals surface area contributed by atoms with E-state index in [1.807, 2.05) is 24.3 Å². The molecule has 40 heavy (non-hydrogen) atoms. The zero-order valence-corrected chi connectivity index (χ0v) is 22.2. The maximum Gasteiger partial charge on any atom is 0.413 e. The molecular formula is C28H25ClN6O5. The fourth-order valence-electron chi connectivity index (χ4n) is 4.04. The Hall–Kier alpha value is -4.90. The minimum Gasteiger partial charge on any atom is -0.494 e. The molecule has 0 radical (unpaired) electrons. The van der Waals surface area contributed by atoms with Crippen LogP contribution in [0.4, 0.5) is 22.0 Å². The summed E-state index contributed by atoms with van der Waals surface area (Å²) in [4.78, 5) is 38.8. The van der Waals surface area contributed by atoms with E-state index in [4.69, 9.17) is 25.8 Å². The number of carbonyl (C=O) groups is 2. The Morgan fingerprint density at radius 3 is 2.73 bits per heavy atom. The van der Waals surface area contributed by atoms with Crippen LogP contribution < -0.4 is 20.1 Å². The average molecular weight is 561 g/mol. The SMILES string of the molecule is C=CC(=O)N1CCC1OC(=O)Nc1cc2c(Nc3ccc(OCc4ccccn4)c(Cl)c3)ncnc2cc1OC. The zero-order chi connectivity index (χ0) is 28.1. The van der Waals surface area contributed by atoms with Crippen molar-refractivity contribution in [1.29, 1.82) is 0 Å². The largest absolute Gasteiger partial charge is 0.494 e. The number of nitrogens with zero attached hydrogens (tertiary/aromatic N) is 4. The number of carbonyl (C=O) groups excluding carboxylic acids is 2. The summed E-state index contributed by atoms with van der Waals surface area (Å²) in [5.74, 6) is 1.07. The maximum absolute atomic E-state index is 12.6. The van der Waals surface area contributed by atoms with Crippen molar-refractivity contribution < 1.29 is 23.8 Å². The topological polar surface area (TPSA) is 128 Å². The van der Waals surface area contributed by atoms with Crippen LogP contribution in [0.2, 0.25) is 5.02 Å². The summed E-state index contributed by atoms with van der Waals surface area (Å²) in [7, 11) is 1.48. The summed E-state index contributed by atoms with van der Waals surface area (Å²) in [5, 5.41) is 6.95. The van der Waals surface area contributed by atoms with Gasteiger partial charge in [-0.1, -0.05) is 24.2 Å². The van der Waals surface area contributed by atoms with Crippen molar-refractivity contribution in [1.82, 2.24) is 19.9 Å². The Labute approximate surface area is 234 Å². The smallest absolute Gasteiger partial charge is 0.413 e. The predicted molar refractivity (Wildman–Crippen MR) is 150 cm³/mol. The van der Waals surface area contributed by atoms with Crippen molar-refractivity contribution in [2.45, 2.75) is 19.3 Å². The Kier molecular flexibility index (Phi) is 7.92. The van der Waals surface area contributed by atoms with Crippen LogP contribution in [-0.4, -0.2) is 51.7 Å². The molecule has 3 heterocycles. The molecule has 1 aliphatic heterocycles. The number of nitrogens with one attached hydrogen (secondary N) is 2. The number of rotatable bonds is 9. The number of halogens is 1. The lowest BCUT2D eigenvalue weighted by molar-refractivity contribution is -0.148. The second-order valence-electron chi connectivity index (χ2n) is 8.68. The number of fused-ring (bicyclic) bond motifs is 1. The Morgan fingerprint density at radius 1 is 1.15 bits per heavy atom. The lowest BCUT2D eigenvalue weighted by Gasteiger charge is -2.38. The molecule has 0 saturated carbocycles. The highest BCUT2D eigenvalue weighted by Crippen LogP contribution is 2.35. The van der Waals surface area contributed by atoms with Gasteiger partial charge in [-0.25, -0.2) is 14.8 Å². The van der Waals surface area contributed by atoms with Crippen molar-refractivity contribution in [2.24, 2.45) is 0 Å². The average Bonchev–Trinajstić information content (AvgIpc) is 2.95. The predicted octanol–water partition coefficient (Wildman–Crippen LogP) is 5.30. The van der Waals surface area contributed by atoms with Crippen LogP contribution in [0.5, 0.6) is 11.5 Å². The number of anilines is 3. The third kappa shape index (κ3) is 5.89. The molecule has 0 aliphatic carbocycles. The molecular weight excluding hydrogens is 536 g/mol. The van der Waals surface area contributed by atoms with E-state index in [0.717, 1.165) is 5.69 Å². The van der Waals surface area contributed by atoms with Gasteiger partial charge in [0, 0.05) is 36.3 Å². The first-order valence-electron chi connectivity index (χ1n) is 12.3. The highest BCUT2D eigenvalue weighted by molar-refractivity contribution is 6.32. The summed E-state index contributed by atoms with van der Waals surface area (Å²) < 4.78 is 16.7. The van der Waals surface area contributed by atoms with E-state index in [1.165, 1.54) is 24.4 Å². The molecule has 0 spiro atoms. The van der Waals surface area contributed by atoms with Crippen LogP contribution in [-0.2, 0) is 16.1 Å². The van der Waals surface area contributed by atoms with E-state index < -0.39 is 12.3 Å². The number of hydrogen-bond donors (Lipinski definition) is 2. The van der Waals surface area contributed by atoms with E-state index >= 15 is 0 Å². The van der Waals surface area contributed by atoms with Crippen molar-refractivity contribution in [2.75, 3.05) is 24.3 Å². The number of pyridine rings is 1. The van der Waals surface area contributed by atoms with Gasteiger partial charge in [0.15, 0.2) is 6.23 Å². The number of aromatic nitrogens is 3. The molecule has 1 aliphatic rings. The van der Waals surface area contributed by atoms with Crippen molar-refractivity contribution in [3.05, 3.63) is 84.4 Å². The van der Waals surface area contributed by atoms with Gasteiger partial charge in [0.25, 0.3) is 0 Å². The third-order valence-corrected chi connectivity index (χ3v) is 6.45. The van der Waals surface area contributed by atoms with Gasteiger partial charge in [0.1, 0.15) is 30.3 Å². The molecule has 4 aromatic rings. The summed E-state index contributed by atoms with van der Waals surface area (Å²) in [6, 6.07) is 14.2. The molecule has 204 valence electrons. The molecule has 1 fully saturated rings. The molecule has 2 aromatic carbocycles. The van der Waals surface area contributed by atoms with Crippen LogP contribution in [0.1, 0.15) is 12.1 Å². The monoisotopic (exact) mass is 560 g/mol. The number of amides is 2. The molecule has 2 aromatic heterocycles. The van der Waals surface area contributed by atoms with E-state index in [2.05, 4.69) is 32.2 Å². The lowest BCUT2D eigenvalue weighted by atomic mass is 10.1. The zero-order valence-electron chi connectivity index (χ0n) is 21.5. The minimum atomic E-state index is -0.733. The summed E-state index contributed by atoms with van der Waals surface area (Å²) in [5.41, 5.74) is 2.37. The van der Waals surface area contributed by atoms with Crippen molar-refractivity contribution in [3.63, 3.8) is 0 Å². The number of likely N-dealkylation sites (tertiary alicyclic amines) is 1. The summed E-state index contributed by atoms with van der Waals surface area (Å²) in [6.07, 6.45) is 3.46. The van der Waals surface area contributed by atoms with Crippen molar-refractivity contribution in [3.8, 4) is 11.5 Å². The molecule has 1 saturated heterocycles. The van der Waals surface area contributed by atoms with Gasteiger partial charge in [-0.3, -0.25) is 15.1 Å². The van der Waals surface area contributed by atoms with Gasteiger partial charge in [-0.15, -0.1) is 0 Å². The minimum absolute atomic E-state index is 0.285. The normalized spacial score (nSPS) is 14.2. The van der Waals surface area contributed by atoms with Crippen LogP contribution in [0.3, 0.4) is 0 Å². The Morgan fingerprint density at radius 2 is 2.02 bits per heavy atom. The number of methoxy groups -OCH3 is 1. The fourth-order valence-corrected chi connectivity index (χ4v) is 4.27. The highest BCUT2D eigenvalue weighted by atomic mass is 35.5. The lowest BCUT2D eigenvalue weighted by Crippen LogP contribution is -2.53. The van der Waals surface area contributed by atoms with E-state index in [9.17, 15) is 9.59 Å². The second kappa shape index (κ2) is 11.9.